The first-order valence-corrected chi connectivity index (χ1v) is 4.67. The fourth-order valence-electron chi connectivity index (χ4n) is 1.46. The number of carbonyl (C=O) groups excluding carboxylic acids is 1. The number of carbonyl (C=O) groups is 1. The number of hydrogen-bond donors (Lipinski definition) is 1. The minimum absolute atomic E-state index is 0.0266. The van der Waals surface area contributed by atoms with Gasteiger partial charge < -0.3 is 15.1 Å². The van der Waals surface area contributed by atoms with Gasteiger partial charge in [-0.1, -0.05) is 0 Å². The van der Waals surface area contributed by atoms with Crippen molar-refractivity contribution in [1.82, 2.24) is 4.90 Å². The van der Waals surface area contributed by atoms with Gasteiger partial charge in [-0.05, 0) is 18.9 Å². The molecule has 2 rings (SSSR count). The summed E-state index contributed by atoms with van der Waals surface area (Å²) < 4.78 is 4.93. The highest BCUT2D eigenvalue weighted by atomic mass is 16.3. The molecule has 0 spiro atoms. The molecule has 1 amide bonds. The first-order chi connectivity index (χ1) is 6.62. The van der Waals surface area contributed by atoms with Crippen LogP contribution in [0.3, 0.4) is 0 Å². The third-order valence-electron chi connectivity index (χ3n) is 2.56. The van der Waals surface area contributed by atoms with Crippen molar-refractivity contribution >= 4 is 5.91 Å². The molecule has 4 heteroatoms. The maximum Gasteiger partial charge on any atom is 0.242 e. The molecule has 0 bridgehead atoms. The highest BCUT2D eigenvalue weighted by molar-refractivity contribution is 5.88. The zero-order valence-corrected chi connectivity index (χ0v) is 8.19. The third kappa shape index (κ3) is 1.65. The Morgan fingerprint density at radius 2 is 2.43 bits per heavy atom. The van der Waals surface area contributed by atoms with Gasteiger partial charge in [-0.25, -0.2) is 0 Å². The standard InChI is InChI=1S/C10H14N2O2/c1-12(6-8-2-5-14-7-8)9(13)10(11)3-4-10/h2,5,7H,3-4,6,11H2,1H3. The molecule has 0 unspecified atom stereocenters. The summed E-state index contributed by atoms with van der Waals surface area (Å²) in [7, 11) is 1.77. The Balaban J connectivity index is 1.96. The van der Waals surface area contributed by atoms with Gasteiger partial charge in [0.05, 0.1) is 18.1 Å². The Bertz CT molecular complexity index is 328. The van der Waals surface area contributed by atoms with Crippen molar-refractivity contribution in [3.63, 3.8) is 0 Å². The van der Waals surface area contributed by atoms with E-state index in [-0.39, 0.29) is 5.91 Å². The lowest BCUT2D eigenvalue weighted by Gasteiger charge is -2.19. The second kappa shape index (κ2) is 3.13. The van der Waals surface area contributed by atoms with Crippen molar-refractivity contribution < 1.29 is 9.21 Å². The molecule has 1 heterocycles. The fourth-order valence-corrected chi connectivity index (χ4v) is 1.46. The van der Waals surface area contributed by atoms with E-state index in [1.807, 2.05) is 6.07 Å². The smallest absolute Gasteiger partial charge is 0.242 e. The average Bonchev–Trinajstić information content (AvgIpc) is 2.71. The number of furan rings is 1. The van der Waals surface area contributed by atoms with Crippen LogP contribution in [0.25, 0.3) is 0 Å². The van der Waals surface area contributed by atoms with E-state index < -0.39 is 5.54 Å². The molecule has 0 aromatic carbocycles. The van der Waals surface area contributed by atoms with Crippen LogP contribution in [0.2, 0.25) is 0 Å². The average molecular weight is 194 g/mol. The van der Waals surface area contributed by atoms with Gasteiger partial charge in [-0.3, -0.25) is 4.79 Å². The molecule has 0 aliphatic heterocycles. The van der Waals surface area contributed by atoms with Gasteiger partial charge >= 0.3 is 0 Å². The van der Waals surface area contributed by atoms with Gasteiger partial charge in [0.1, 0.15) is 0 Å². The van der Waals surface area contributed by atoms with Gasteiger partial charge in [0.25, 0.3) is 0 Å². The molecule has 4 nitrogen and oxygen atoms in total. The zero-order chi connectivity index (χ0) is 10.2. The van der Waals surface area contributed by atoms with E-state index in [0.29, 0.717) is 6.54 Å². The van der Waals surface area contributed by atoms with Crippen LogP contribution in [-0.4, -0.2) is 23.4 Å². The molecule has 1 fully saturated rings. The number of rotatable bonds is 3. The van der Waals surface area contributed by atoms with E-state index in [0.717, 1.165) is 18.4 Å². The van der Waals surface area contributed by atoms with Gasteiger partial charge in [-0.2, -0.15) is 0 Å². The van der Waals surface area contributed by atoms with Gasteiger partial charge in [0.2, 0.25) is 5.91 Å². The van der Waals surface area contributed by atoms with Crippen LogP contribution in [-0.2, 0) is 11.3 Å². The summed E-state index contributed by atoms with van der Waals surface area (Å²) in [5.74, 6) is 0.0266. The maximum absolute atomic E-state index is 11.7. The highest BCUT2D eigenvalue weighted by Crippen LogP contribution is 2.34. The molecule has 1 saturated carbocycles. The second-order valence-corrected chi connectivity index (χ2v) is 3.95. The van der Waals surface area contributed by atoms with Gasteiger partial charge in [-0.15, -0.1) is 0 Å². The van der Waals surface area contributed by atoms with Crippen molar-refractivity contribution in [1.29, 1.82) is 0 Å². The summed E-state index contributed by atoms with van der Waals surface area (Å²) in [6.45, 7) is 0.564. The van der Waals surface area contributed by atoms with Crippen molar-refractivity contribution in [3.8, 4) is 0 Å². The summed E-state index contributed by atoms with van der Waals surface area (Å²) in [6.07, 6.45) is 4.85. The Kier molecular flexibility index (Phi) is 2.07. The second-order valence-electron chi connectivity index (χ2n) is 3.95. The van der Waals surface area contributed by atoms with E-state index in [4.69, 9.17) is 10.2 Å². The summed E-state index contributed by atoms with van der Waals surface area (Å²) in [5.41, 5.74) is 6.23. The van der Waals surface area contributed by atoms with Crippen LogP contribution in [0.4, 0.5) is 0 Å². The monoisotopic (exact) mass is 194 g/mol. The zero-order valence-electron chi connectivity index (χ0n) is 8.19. The predicted molar refractivity (Wildman–Crippen MR) is 51.3 cm³/mol. The summed E-state index contributed by atoms with van der Waals surface area (Å²) in [5, 5.41) is 0. The molecule has 1 aliphatic rings. The lowest BCUT2D eigenvalue weighted by molar-refractivity contribution is -0.132. The van der Waals surface area contributed by atoms with Crippen LogP contribution < -0.4 is 5.73 Å². The fraction of sp³-hybridized carbons (Fsp3) is 0.500. The molecule has 0 radical (unpaired) electrons. The minimum atomic E-state index is -0.571. The van der Waals surface area contributed by atoms with E-state index in [1.165, 1.54) is 0 Å². The first-order valence-electron chi connectivity index (χ1n) is 4.67. The number of hydrogen-bond acceptors (Lipinski definition) is 3. The van der Waals surface area contributed by atoms with Crippen molar-refractivity contribution in [2.45, 2.75) is 24.9 Å². The van der Waals surface area contributed by atoms with Crippen molar-refractivity contribution in [2.75, 3.05) is 7.05 Å². The first kappa shape index (κ1) is 9.27. The molecule has 76 valence electrons. The number of amides is 1. The van der Waals surface area contributed by atoms with Crippen molar-refractivity contribution in [2.24, 2.45) is 5.73 Å². The molecule has 2 N–H and O–H groups in total. The molecular formula is C10H14N2O2. The Hall–Kier alpha value is -1.29. The number of nitrogens with two attached hydrogens (primary N) is 1. The quantitative estimate of drug-likeness (QED) is 0.771. The summed E-state index contributed by atoms with van der Waals surface area (Å²) in [4.78, 5) is 13.4. The van der Waals surface area contributed by atoms with Crippen LogP contribution >= 0.6 is 0 Å². The summed E-state index contributed by atoms with van der Waals surface area (Å²) >= 11 is 0. The lowest BCUT2D eigenvalue weighted by atomic mass is 10.2. The largest absolute Gasteiger partial charge is 0.472 e. The van der Waals surface area contributed by atoms with Crippen LogP contribution in [0.5, 0.6) is 0 Å². The molecule has 1 aromatic heterocycles. The Morgan fingerprint density at radius 3 is 2.93 bits per heavy atom. The van der Waals surface area contributed by atoms with Crippen molar-refractivity contribution in [3.05, 3.63) is 24.2 Å². The molecule has 1 aromatic rings. The van der Waals surface area contributed by atoms with Gasteiger partial charge in [0.15, 0.2) is 0 Å². The van der Waals surface area contributed by atoms with E-state index in [9.17, 15) is 4.79 Å². The number of likely N-dealkylation sites (N-methyl/N-ethyl adjacent to an activating group) is 1. The normalized spacial score (nSPS) is 17.9. The van der Waals surface area contributed by atoms with Crippen LogP contribution in [0.15, 0.2) is 23.0 Å². The third-order valence-corrected chi connectivity index (χ3v) is 2.56. The number of nitrogens with zero attached hydrogens (tertiary/aromatic N) is 1. The van der Waals surface area contributed by atoms with E-state index >= 15 is 0 Å². The highest BCUT2D eigenvalue weighted by Gasteiger charge is 2.47. The van der Waals surface area contributed by atoms with Gasteiger partial charge in [0, 0.05) is 19.2 Å². The molecule has 1 aliphatic carbocycles. The predicted octanol–water partition coefficient (Wildman–Crippen LogP) is 0.729. The molecular weight excluding hydrogens is 180 g/mol. The van der Waals surface area contributed by atoms with Crippen LogP contribution in [0, 0.1) is 0 Å². The lowest BCUT2D eigenvalue weighted by Crippen LogP contribution is -2.43. The molecule has 14 heavy (non-hydrogen) atoms. The minimum Gasteiger partial charge on any atom is -0.472 e. The molecule has 0 saturated heterocycles. The summed E-state index contributed by atoms with van der Waals surface area (Å²) in [6, 6.07) is 1.85. The Labute approximate surface area is 82.7 Å². The van der Waals surface area contributed by atoms with E-state index in [2.05, 4.69) is 0 Å². The van der Waals surface area contributed by atoms with Crippen LogP contribution in [0.1, 0.15) is 18.4 Å². The Morgan fingerprint density at radius 1 is 1.71 bits per heavy atom. The topological polar surface area (TPSA) is 59.5 Å². The molecule has 0 atom stereocenters. The van der Waals surface area contributed by atoms with E-state index in [1.54, 1.807) is 24.5 Å². The SMILES string of the molecule is CN(Cc1ccoc1)C(=O)C1(N)CC1. The maximum atomic E-state index is 11.7.